The molecule has 2 N–H and O–H groups in total. The maximum atomic E-state index is 11.3. The second-order valence-corrected chi connectivity index (χ2v) is 4.83. The fraction of sp³-hybridized carbons (Fsp3) is 0.357. The maximum absolute atomic E-state index is 11.3. The Balaban J connectivity index is 0.00000133. The van der Waals surface area contributed by atoms with Crippen LogP contribution in [-0.4, -0.2) is 28.1 Å². The second-order valence-electron chi connectivity index (χ2n) is 4.83. The van der Waals surface area contributed by atoms with Crippen LogP contribution in [0.5, 0.6) is 5.75 Å². The summed E-state index contributed by atoms with van der Waals surface area (Å²) < 4.78 is 0. The van der Waals surface area contributed by atoms with Crippen molar-refractivity contribution in [2.45, 2.75) is 19.4 Å². The summed E-state index contributed by atoms with van der Waals surface area (Å²) in [4.78, 5) is 16.4. The van der Waals surface area contributed by atoms with E-state index in [0.717, 1.165) is 36.1 Å². The fourth-order valence-electron chi connectivity index (χ4n) is 2.62. The molecule has 0 radical (unpaired) electrons. The van der Waals surface area contributed by atoms with Crippen LogP contribution in [0.1, 0.15) is 18.4 Å². The molecule has 5 heteroatoms. The van der Waals surface area contributed by atoms with Crippen molar-refractivity contribution in [2.75, 3.05) is 13.1 Å². The van der Waals surface area contributed by atoms with Crippen LogP contribution in [0.4, 0.5) is 0 Å². The lowest BCUT2D eigenvalue weighted by Gasteiger charge is -2.17. The average Bonchev–Trinajstić information content (AvgIpc) is 2.86. The van der Waals surface area contributed by atoms with Crippen LogP contribution < -0.4 is 5.56 Å². The van der Waals surface area contributed by atoms with E-state index in [1.165, 1.54) is 18.9 Å². The first kappa shape index (κ1) is 13.9. The second kappa shape index (κ2) is 5.63. The number of phenolic OH excluding ortho intramolecular Hbond substituents is 1. The maximum Gasteiger partial charge on any atom is 0.248 e. The molecular weight excluding hydrogens is 264 g/mol. The minimum atomic E-state index is -0.111. The lowest BCUT2D eigenvalue weighted by molar-refractivity contribution is 0.325. The van der Waals surface area contributed by atoms with E-state index in [-0.39, 0.29) is 18.0 Å². The third kappa shape index (κ3) is 2.74. The van der Waals surface area contributed by atoms with Crippen LogP contribution in [0.15, 0.2) is 29.1 Å². The van der Waals surface area contributed by atoms with E-state index < -0.39 is 0 Å². The van der Waals surface area contributed by atoms with Crippen molar-refractivity contribution in [1.29, 1.82) is 0 Å². The number of nitrogens with zero attached hydrogens (tertiary/aromatic N) is 1. The van der Waals surface area contributed by atoms with Crippen LogP contribution in [0.3, 0.4) is 0 Å². The van der Waals surface area contributed by atoms with E-state index in [9.17, 15) is 9.90 Å². The number of aromatic amines is 1. The monoisotopic (exact) mass is 280 g/mol. The number of aromatic hydroxyl groups is 1. The molecule has 1 aliphatic rings. The molecule has 2 aromatic rings. The fourth-order valence-corrected chi connectivity index (χ4v) is 2.62. The van der Waals surface area contributed by atoms with Gasteiger partial charge >= 0.3 is 0 Å². The predicted molar refractivity (Wildman–Crippen MR) is 78.0 cm³/mol. The predicted octanol–water partition coefficient (Wildman–Crippen LogP) is 2.25. The number of halogens is 1. The smallest absolute Gasteiger partial charge is 0.248 e. The number of benzene rings is 1. The third-order valence-electron chi connectivity index (χ3n) is 3.57. The molecule has 1 saturated heterocycles. The quantitative estimate of drug-likeness (QED) is 0.887. The highest BCUT2D eigenvalue weighted by molar-refractivity contribution is 5.85. The number of phenols is 1. The van der Waals surface area contributed by atoms with E-state index in [2.05, 4.69) is 9.88 Å². The molecule has 19 heavy (non-hydrogen) atoms. The Kier molecular flexibility index (Phi) is 4.12. The number of nitrogens with one attached hydrogen (secondary N) is 1. The molecule has 1 aromatic heterocycles. The van der Waals surface area contributed by atoms with Crippen molar-refractivity contribution in [2.24, 2.45) is 0 Å². The Bertz CT molecular complexity index is 633. The molecule has 3 rings (SSSR count). The molecule has 2 heterocycles. The van der Waals surface area contributed by atoms with Crippen LogP contribution in [0.25, 0.3) is 10.9 Å². The minimum absolute atomic E-state index is 0. The van der Waals surface area contributed by atoms with Crippen molar-refractivity contribution in [3.05, 3.63) is 40.2 Å². The Hall–Kier alpha value is -1.52. The zero-order chi connectivity index (χ0) is 12.5. The van der Waals surface area contributed by atoms with Crippen molar-refractivity contribution in [3.8, 4) is 5.75 Å². The van der Waals surface area contributed by atoms with Gasteiger partial charge in [-0.05, 0) is 44.1 Å². The molecule has 0 spiro atoms. The van der Waals surface area contributed by atoms with Gasteiger partial charge in [0.15, 0.2) is 0 Å². The Morgan fingerprint density at radius 3 is 2.63 bits per heavy atom. The van der Waals surface area contributed by atoms with E-state index in [4.69, 9.17) is 0 Å². The highest BCUT2D eigenvalue weighted by Crippen LogP contribution is 2.27. The van der Waals surface area contributed by atoms with Gasteiger partial charge in [-0.2, -0.15) is 0 Å². The van der Waals surface area contributed by atoms with E-state index >= 15 is 0 Å². The van der Waals surface area contributed by atoms with E-state index in [0.29, 0.717) is 5.75 Å². The SMILES string of the molecule is Cl.O=c1ccc2c(CN3CCCC3)c(O)ccc2[nH]1. The molecule has 102 valence electrons. The van der Waals surface area contributed by atoms with Crippen molar-refractivity contribution in [3.63, 3.8) is 0 Å². The van der Waals surface area contributed by atoms with Gasteiger partial charge < -0.3 is 10.1 Å². The van der Waals surface area contributed by atoms with Gasteiger partial charge in [-0.15, -0.1) is 12.4 Å². The molecule has 0 saturated carbocycles. The standard InChI is InChI=1S/C14H16N2O2.ClH/c17-13-5-4-12-10(3-6-14(18)15-12)11(13)9-16-7-1-2-8-16;/h3-6,17H,1-2,7-9H2,(H,15,18);1H. The highest BCUT2D eigenvalue weighted by atomic mass is 35.5. The van der Waals surface area contributed by atoms with Crippen LogP contribution in [-0.2, 0) is 6.54 Å². The molecule has 1 aliphatic heterocycles. The first-order valence-corrected chi connectivity index (χ1v) is 6.30. The number of pyridine rings is 1. The van der Waals surface area contributed by atoms with Gasteiger partial charge in [0.2, 0.25) is 5.56 Å². The summed E-state index contributed by atoms with van der Waals surface area (Å²) in [6, 6.07) is 6.71. The molecular formula is C14H17ClN2O2. The highest BCUT2D eigenvalue weighted by Gasteiger charge is 2.15. The van der Waals surface area contributed by atoms with Crippen molar-refractivity contribution in [1.82, 2.24) is 9.88 Å². The molecule has 0 unspecified atom stereocenters. The average molecular weight is 281 g/mol. The van der Waals surface area contributed by atoms with Crippen LogP contribution >= 0.6 is 12.4 Å². The summed E-state index contributed by atoms with van der Waals surface area (Å²) in [5, 5.41) is 11.0. The molecule has 4 nitrogen and oxygen atoms in total. The molecule has 0 atom stereocenters. The van der Waals surface area contributed by atoms with E-state index in [1.54, 1.807) is 18.2 Å². The van der Waals surface area contributed by atoms with Gasteiger partial charge in [-0.1, -0.05) is 0 Å². The van der Waals surface area contributed by atoms with Gasteiger partial charge in [-0.25, -0.2) is 0 Å². The number of H-pyrrole nitrogens is 1. The Labute approximate surface area is 117 Å². The van der Waals surface area contributed by atoms with Crippen molar-refractivity contribution < 1.29 is 5.11 Å². The van der Waals surface area contributed by atoms with Gasteiger partial charge in [-0.3, -0.25) is 9.69 Å². The number of fused-ring (bicyclic) bond motifs is 1. The summed E-state index contributed by atoms with van der Waals surface area (Å²) in [5.74, 6) is 0.307. The zero-order valence-corrected chi connectivity index (χ0v) is 11.4. The summed E-state index contributed by atoms with van der Waals surface area (Å²) in [5.41, 5.74) is 1.58. The number of rotatable bonds is 2. The summed E-state index contributed by atoms with van der Waals surface area (Å²) in [7, 11) is 0. The van der Waals surface area contributed by atoms with E-state index in [1.807, 2.05) is 0 Å². The first-order chi connectivity index (χ1) is 8.74. The normalized spacial score (nSPS) is 15.6. The summed E-state index contributed by atoms with van der Waals surface area (Å²) >= 11 is 0. The van der Waals surface area contributed by atoms with Gasteiger partial charge in [0.05, 0.1) is 0 Å². The van der Waals surface area contributed by atoms with Crippen LogP contribution in [0, 0.1) is 0 Å². The summed E-state index contributed by atoms with van der Waals surface area (Å²) in [6.45, 7) is 2.91. The lowest BCUT2D eigenvalue weighted by Crippen LogP contribution is -2.18. The largest absolute Gasteiger partial charge is 0.508 e. The number of likely N-dealkylation sites (tertiary alicyclic amines) is 1. The van der Waals surface area contributed by atoms with Gasteiger partial charge in [0.25, 0.3) is 0 Å². The van der Waals surface area contributed by atoms with Gasteiger partial charge in [0, 0.05) is 29.1 Å². The summed E-state index contributed by atoms with van der Waals surface area (Å²) in [6.07, 6.45) is 2.45. The molecule has 0 aliphatic carbocycles. The number of hydrogen-bond acceptors (Lipinski definition) is 3. The van der Waals surface area contributed by atoms with Crippen LogP contribution in [0.2, 0.25) is 0 Å². The number of hydrogen-bond donors (Lipinski definition) is 2. The molecule has 1 aromatic carbocycles. The first-order valence-electron chi connectivity index (χ1n) is 6.30. The van der Waals surface area contributed by atoms with Gasteiger partial charge in [0.1, 0.15) is 5.75 Å². The lowest BCUT2D eigenvalue weighted by atomic mass is 10.1. The molecule has 0 bridgehead atoms. The third-order valence-corrected chi connectivity index (χ3v) is 3.57. The Morgan fingerprint density at radius 1 is 1.16 bits per heavy atom. The minimum Gasteiger partial charge on any atom is -0.508 e. The molecule has 1 fully saturated rings. The number of aromatic nitrogens is 1. The van der Waals surface area contributed by atoms with Crippen molar-refractivity contribution >= 4 is 23.3 Å². The topological polar surface area (TPSA) is 56.3 Å². The molecule has 0 amide bonds. The Morgan fingerprint density at radius 2 is 1.89 bits per heavy atom. The zero-order valence-electron chi connectivity index (χ0n) is 10.6.